The molecule has 0 spiro atoms. The fraction of sp³-hybridized carbons (Fsp3) is 0.300. The normalized spacial score (nSPS) is 9.73. The summed E-state index contributed by atoms with van der Waals surface area (Å²) in [6.07, 6.45) is 0.552. The van der Waals surface area contributed by atoms with Crippen molar-refractivity contribution in [1.82, 2.24) is 5.32 Å². The minimum atomic E-state index is -0.287. The highest BCUT2D eigenvalue weighted by Gasteiger charge is 2.02. The van der Waals surface area contributed by atoms with Gasteiger partial charge >= 0.3 is 6.03 Å². The Labute approximate surface area is 94.1 Å². The van der Waals surface area contributed by atoms with Crippen LogP contribution in [-0.4, -0.2) is 24.3 Å². The van der Waals surface area contributed by atoms with E-state index in [1.165, 1.54) is 0 Å². The molecule has 1 aromatic carbocycles. The summed E-state index contributed by atoms with van der Waals surface area (Å²) in [7, 11) is 0. The largest absolute Gasteiger partial charge is 0.396 e. The van der Waals surface area contributed by atoms with Crippen LogP contribution in [0.3, 0.4) is 0 Å². The molecule has 0 atom stereocenters. The number of aliphatic hydroxyl groups excluding tert-OH is 1. The number of hydrogen-bond acceptors (Lipinski definition) is 3. The number of nitrogens with one attached hydrogen (secondary N) is 2. The van der Waals surface area contributed by atoms with E-state index in [1.807, 2.05) is 12.1 Å². The Bertz CT molecular complexity index is 331. The van der Waals surface area contributed by atoms with E-state index in [9.17, 15) is 4.79 Å². The molecule has 0 radical (unpaired) electrons. The van der Waals surface area contributed by atoms with Crippen LogP contribution in [0.15, 0.2) is 29.2 Å². The molecule has 3 N–H and O–H groups in total. The number of anilines is 1. The number of aliphatic hydroxyl groups is 1. The molecule has 82 valence electrons. The number of carbonyl (C=O) groups is 1. The van der Waals surface area contributed by atoms with Crippen molar-refractivity contribution >= 4 is 24.3 Å². The van der Waals surface area contributed by atoms with Crippen molar-refractivity contribution in [2.24, 2.45) is 0 Å². The van der Waals surface area contributed by atoms with Crippen molar-refractivity contribution in [2.45, 2.75) is 11.3 Å². The second kappa shape index (κ2) is 6.31. The van der Waals surface area contributed by atoms with E-state index in [-0.39, 0.29) is 12.6 Å². The molecule has 0 aliphatic heterocycles. The first-order valence-electron chi connectivity index (χ1n) is 4.67. The Balaban J connectivity index is 2.41. The van der Waals surface area contributed by atoms with E-state index in [2.05, 4.69) is 23.3 Å². The number of rotatable bonds is 4. The predicted molar refractivity (Wildman–Crippen MR) is 62.4 cm³/mol. The third kappa shape index (κ3) is 4.22. The van der Waals surface area contributed by atoms with Gasteiger partial charge in [0.2, 0.25) is 0 Å². The fourth-order valence-corrected chi connectivity index (χ4v) is 1.24. The maximum Gasteiger partial charge on any atom is 0.319 e. The molecule has 0 saturated heterocycles. The minimum absolute atomic E-state index is 0.0729. The summed E-state index contributed by atoms with van der Waals surface area (Å²) in [6.45, 7) is 0.528. The Morgan fingerprint density at radius 2 is 2.13 bits per heavy atom. The summed E-state index contributed by atoms with van der Waals surface area (Å²) >= 11 is 4.20. The van der Waals surface area contributed by atoms with Crippen LogP contribution in [0.4, 0.5) is 10.5 Å². The third-order valence-electron chi connectivity index (χ3n) is 1.77. The molecule has 4 nitrogen and oxygen atoms in total. The zero-order valence-corrected chi connectivity index (χ0v) is 9.13. The van der Waals surface area contributed by atoms with E-state index in [4.69, 9.17) is 5.11 Å². The molecule has 1 aromatic rings. The van der Waals surface area contributed by atoms with Crippen molar-refractivity contribution in [2.75, 3.05) is 18.5 Å². The molecule has 15 heavy (non-hydrogen) atoms. The van der Waals surface area contributed by atoms with Gasteiger partial charge in [-0.25, -0.2) is 4.79 Å². The molecule has 0 heterocycles. The Hall–Kier alpha value is -1.20. The van der Waals surface area contributed by atoms with Crippen molar-refractivity contribution in [3.8, 4) is 0 Å². The molecule has 0 fully saturated rings. The van der Waals surface area contributed by atoms with E-state index in [1.54, 1.807) is 12.1 Å². The molecule has 0 unspecified atom stereocenters. The highest BCUT2D eigenvalue weighted by atomic mass is 32.1. The second-order valence-corrected chi connectivity index (χ2v) is 3.46. The molecule has 0 aromatic heterocycles. The van der Waals surface area contributed by atoms with Crippen LogP contribution in [0.2, 0.25) is 0 Å². The lowest BCUT2D eigenvalue weighted by molar-refractivity contribution is 0.249. The van der Waals surface area contributed by atoms with Gasteiger partial charge in [0, 0.05) is 18.0 Å². The van der Waals surface area contributed by atoms with Gasteiger partial charge in [0.1, 0.15) is 0 Å². The molecule has 5 heteroatoms. The number of urea groups is 1. The zero-order valence-electron chi connectivity index (χ0n) is 8.23. The lowest BCUT2D eigenvalue weighted by Crippen LogP contribution is -2.30. The maximum absolute atomic E-state index is 11.3. The standard InChI is InChI=1S/C10H14N2O2S/c13-7-3-6-11-10(14)12-8-4-1-2-5-9(8)15/h1-2,4-5,13,15H,3,6-7H2,(H2,11,12,14). The summed E-state index contributed by atoms with van der Waals surface area (Å²) in [5.41, 5.74) is 0.669. The van der Waals surface area contributed by atoms with Crippen molar-refractivity contribution in [1.29, 1.82) is 0 Å². The van der Waals surface area contributed by atoms with Gasteiger partial charge in [0.05, 0.1) is 5.69 Å². The quantitative estimate of drug-likeness (QED) is 0.464. The van der Waals surface area contributed by atoms with Crippen molar-refractivity contribution < 1.29 is 9.90 Å². The van der Waals surface area contributed by atoms with Crippen molar-refractivity contribution in [3.05, 3.63) is 24.3 Å². The SMILES string of the molecule is O=C(NCCCO)Nc1ccccc1S. The molecule has 0 saturated carbocycles. The first kappa shape index (κ1) is 11.9. The smallest absolute Gasteiger partial charge is 0.319 e. The minimum Gasteiger partial charge on any atom is -0.396 e. The topological polar surface area (TPSA) is 61.4 Å². The third-order valence-corrected chi connectivity index (χ3v) is 2.16. The van der Waals surface area contributed by atoms with Gasteiger partial charge in [-0.3, -0.25) is 0 Å². The number of thiol groups is 1. The van der Waals surface area contributed by atoms with Gasteiger partial charge in [-0.05, 0) is 18.6 Å². The van der Waals surface area contributed by atoms with Gasteiger partial charge in [-0.15, -0.1) is 12.6 Å². The first-order valence-corrected chi connectivity index (χ1v) is 5.12. The number of benzene rings is 1. The van der Waals surface area contributed by atoms with Gasteiger partial charge in [-0.1, -0.05) is 12.1 Å². The summed E-state index contributed by atoms with van der Waals surface area (Å²) in [6, 6.07) is 6.95. The fourth-order valence-electron chi connectivity index (χ4n) is 1.03. The van der Waals surface area contributed by atoms with E-state index >= 15 is 0 Å². The zero-order chi connectivity index (χ0) is 11.1. The van der Waals surface area contributed by atoms with Crippen LogP contribution in [0, 0.1) is 0 Å². The van der Waals surface area contributed by atoms with Crippen LogP contribution in [0.5, 0.6) is 0 Å². The molecule has 1 rings (SSSR count). The van der Waals surface area contributed by atoms with Gasteiger partial charge in [0.15, 0.2) is 0 Å². The van der Waals surface area contributed by atoms with Gasteiger partial charge in [-0.2, -0.15) is 0 Å². The lowest BCUT2D eigenvalue weighted by Gasteiger charge is -2.08. The molecule has 0 aliphatic carbocycles. The molecule has 2 amide bonds. The molecule has 0 bridgehead atoms. The summed E-state index contributed by atoms with van der Waals surface area (Å²) in [5, 5.41) is 13.8. The number of amides is 2. The summed E-state index contributed by atoms with van der Waals surface area (Å²) < 4.78 is 0. The summed E-state index contributed by atoms with van der Waals surface area (Å²) in [4.78, 5) is 12.0. The molecule has 0 aliphatic rings. The Morgan fingerprint density at radius 1 is 1.40 bits per heavy atom. The highest BCUT2D eigenvalue weighted by Crippen LogP contribution is 2.17. The average molecular weight is 226 g/mol. The maximum atomic E-state index is 11.3. The predicted octanol–water partition coefficient (Wildman–Crippen LogP) is 1.48. The summed E-state index contributed by atoms with van der Waals surface area (Å²) in [5.74, 6) is 0. The number of para-hydroxylation sites is 1. The average Bonchev–Trinajstić information content (AvgIpc) is 2.22. The highest BCUT2D eigenvalue weighted by molar-refractivity contribution is 7.80. The van der Waals surface area contributed by atoms with Gasteiger partial charge < -0.3 is 15.7 Å². The van der Waals surface area contributed by atoms with E-state index in [0.717, 1.165) is 4.90 Å². The molecular formula is C10H14N2O2S. The first-order chi connectivity index (χ1) is 7.24. The second-order valence-electron chi connectivity index (χ2n) is 2.98. The molecular weight excluding hydrogens is 212 g/mol. The lowest BCUT2D eigenvalue weighted by atomic mass is 10.3. The van der Waals surface area contributed by atoms with Crippen LogP contribution < -0.4 is 10.6 Å². The van der Waals surface area contributed by atoms with Crippen LogP contribution in [0.25, 0.3) is 0 Å². The van der Waals surface area contributed by atoms with E-state index < -0.39 is 0 Å². The Kier molecular flexibility index (Phi) is 5.00. The van der Waals surface area contributed by atoms with E-state index in [0.29, 0.717) is 18.7 Å². The number of carbonyl (C=O) groups excluding carboxylic acids is 1. The Morgan fingerprint density at radius 3 is 2.80 bits per heavy atom. The monoisotopic (exact) mass is 226 g/mol. The van der Waals surface area contributed by atoms with Crippen LogP contribution in [-0.2, 0) is 0 Å². The van der Waals surface area contributed by atoms with Crippen LogP contribution in [0.1, 0.15) is 6.42 Å². The van der Waals surface area contributed by atoms with Gasteiger partial charge in [0.25, 0.3) is 0 Å². The van der Waals surface area contributed by atoms with Crippen molar-refractivity contribution in [3.63, 3.8) is 0 Å². The number of hydrogen-bond donors (Lipinski definition) is 4. The van der Waals surface area contributed by atoms with Crippen LogP contribution >= 0.6 is 12.6 Å².